The standard InChI is InChI=1S/C14H19N3.ClH/c1-2-5-14(6-3-1)7-9-15-8-4-11-17-12-10-16-13-17;/h1-3,5-6,10,12-13,15H,4,7-9,11H2;1H. The molecule has 98 valence electrons. The highest BCUT2D eigenvalue weighted by Gasteiger charge is 1.92. The molecule has 0 unspecified atom stereocenters. The molecule has 0 radical (unpaired) electrons. The lowest BCUT2D eigenvalue weighted by atomic mass is 10.1. The predicted octanol–water partition coefficient (Wildman–Crippen LogP) is 2.53. The predicted molar refractivity (Wildman–Crippen MR) is 77.1 cm³/mol. The monoisotopic (exact) mass is 265 g/mol. The minimum atomic E-state index is 0. The van der Waals surface area contributed by atoms with Gasteiger partial charge in [0.05, 0.1) is 6.33 Å². The lowest BCUT2D eigenvalue weighted by Gasteiger charge is -2.05. The van der Waals surface area contributed by atoms with Gasteiger partial charge in [0.25, 0.3) is 0 Å². The minimum absolute atomic E-state index is 0. The van der Waals surface area contributed by atoms with E-state index in [9.17, 15) is 0 Å². The Labute approximate surface area is 115 Å². The average Bonchev–Trinajstić information content (AvgIpc) is 2.88. The minimum Gasteiger partial charge on any atom is -0.337 e. The van der Waals surface area contributed by atoms with E-state index in [1.165, 1.54) is 5.56 Å². The Morgan fingerprint density at radius 3 is 2.67 bits per heavy atom. The summed E-state index contributed by atoms with van der Waals surface area (Å²) in [6.45, 7) is 3.15. The van der Waals surface area contributed by atoms with Gasteiger partial charge in [-0.1, -0.05) is 30.3 Å². The summed E-state index contributed by atoms with van der Waals surface area (Å²) in [5, 5.41) is 3.46. The van der Waals surface area contributed by atoms with Gasteiger partial charge in [-0.2, -0.15) is 0 Å². The van der Waals surface area contributed by atoms with Crippen molar-refractivity contribution < 1.29 is 0 Å². The van der Waals surface area contributed by atoms with E-state index in [1.807, 2.05) is 18.7 Å². The number of rotatable bonds is 7. The van der Waals surface area contributed by atoms with E-state index in [1.54, 1.807) is 0 Å². The maximum Gasteiger partial charge on any atom is 0.0945 e. The van der Waals surface area contributed by atoms with Crippen LogP contribution < -0.4 is 5.32 Å². The zero-order valence-electron chi connectivity index (χ0n) is 10.5. The zero-order chi connectivity index (χ0) is 11.8. The molecule has 0 aliphatic rings. The van der Waals surface area contributed by atoms with Crippen LogP contribution in [0.1, 0.15) is 12.0 Å². The summed E-state index contributed by atoms with van der Waals surface area (Å²) in [4.78, 5) is 4.02. The second kappa shape index (κ2) is 8.72. The summed E-state index contributed by atoms with van der Waals surface area (Å²) < 4.78 is 2.11. The fourth-order valence-electron chi connectivity index (χ4n) is 1.81. The Morgan fingerprint density at radius 1 is 1.11 bits per heavy atom. The molecule has 3 nitrogen and oxygen atoms in total. The van der Waals surface area contributed by atoms with Crippen molar-refractivity contribution in [3.05, 3.63) is 54.6 Å². The van der Waals surface area contributed by atoms with Gasteiger partial charge in [0, 0.05) is 18.9 Å². The van der Waals surface area contributed by atoms with E-state index in [2.05, 4.69) is 45.2 Å². The summed E-state index contributed by atoms with van der Waals surface area (Å²) in [7, 11) is 0. The number of hydrogen-bond donors (Lipinski definition) is 1. The van der Waals surface area contributed by atoms with E-state index in [4.69, 9.17) is 0 Å². The number of halogens is 1. The van der Waals surface area contributed by atoms with Gasteiger partial charge in [0.2, 0.25) is 0 Å². The highest BCUT2D eigenvalue weighted by atomic mass is 35.5. The van der Waals surface area contributed by atoms with Crippen molar-refractivity contribution in [1.82, 2.24) is 14.9 Å². The zero-order valence-corrected chi connectivity index (χ0v) is 11.3. The number of nitrogens with one attached hydrogen (secondary N) is 1. The van der Waals surface area contributed by atoms with Gasteiger partial charge < -0.3 is 9.88 Å². The number of benzene rings is 1. The number of aryl methyl sites for hydroxylation is 1. The molecule has 0 atom stereocenters. The Kier molecular flexibility index (Phi) is 7.14. The third-order valence-electron chi connectivity index (χ3n) is 2.76. The first-order valence-electron chi connectivity index (χ1n) is 6.15. The summed E-state index contributed by atoms with van der Waals surface area (Å²) >= 11 is 0. The molecule has 0 saturated heterocycles. The van der Waals surface area contributed by atoms with Gasteiger partial charge in [0.15, 0.2) is 0 Å². The van der Waals surface area contributed by atoms with Crippen LogP contribution >= 0.6 is 12.4 Å². The molecule has 1 aromatic carbocycles. The molecule has 0 spiro atoms. The maximum atomic E-state index is 4.02. The maximum absolute atomic E-state index is 4.02. The van der Waals surface area contributed by atoms with E-state index < -0.39 is 0 Å². The fraction of sp³-hybridized carbons (Fsp3) is 0.357. The van der Waals surface area contributed by atoms with Crippen LogP contribution in [0.5, 0.6) is 0 Å². The molecule has 0 bridgehead atoms. The van der Waals surface area contributed by atoms with Crippen LogP contribution in [-0.2, 0) is 13.0 Å². The summed E-state index contributed by atoms with van der Waals surface area (Å²) in [5.41, 5.74) is 1.40. The van der Waals surface area contributed by atoms with Crippen molar-refractivity contribution in [2.45, 2.75) is 19.4 Å². The molecule has 1 aromatic heterocycles. The molecule has 0 fully saturated rings. The van der Waals surface area contributed by atoms with Crippen LogP contribution in [0.3, 0.4) is 0 Å². The van der Waals surface area contributed by atoms with Crippen LogP contribution in [0.4, 0.5) is 0 Å². The molecule has 0 aliphatic carbocycles. The van der Waals surface area contributed by atoms with Gasteiger partial charge >= 0.3 is 0 Å². The van der Waals surface area contributed by atoms with E-state index >= 15 is 0 Å². The third kappa shape index (κ3) is 5.34. The fourth-order valence-corrected chi connectivity index (χ4v) is 1.81. The summed E-state index contributed by atoms with van der Waals surface area (Å²) in [6, 6.07) is 10.6. The molecule has 0 aliphatic heterocycles. The molecule has 2 rings (SSSR count). The van der Waals surface area contributed by atoms with Crippen LogP contribution in [0, 0.1) is 0 Å². The van der Waals surface area contributed by atoms with Crippen molar-refractivity contribution in [2.24, 2.45) is 0 Å². The molecule has 18 heavy (non-hydrogen) atoms. The molecule has 0 saturated carbocycles. The molecule has 4 heteroatoms. The van der Waals surface area contributed by atoms with Crippen molar-refractivity contribution in [3.63, 3.8) is 0 Å². The van der Waals surface area contributed by atoms with Crippen molar-refractivity contribution >= 4 is 12.4 Å². The normalized spacial score (nSPS) is 10.0. The molecule has 2 aromatic rings. The Morgan fingerprint density at radius 2 is 1.94 bits per heavy atom. The molecule has 1 N–H and O–H groups in total. The van der Waals surface area contributed by atoms with Crippen LogP contribution in [0.25, 0.3) is 0 Å². The summed E-state index contributed by atoms with van der Waals surface area (Å²) in [6.07, 6.45) is 7.94. The van der Waals surface area contributed by atoms with Gasteiger partial charge in [-0.05, 0) is 31.5 Å². The van der Waals surface area contributed by atoms with Crippen molar-refractivity contribution in [3.8, 4) is 0 Å². The molecular formula is C14H20ClN3. The molecule has 0 amide bonds. The van der Waals surface area contributed by atoms with Crippen LogP contribution in [0.2, 0.25) is 0 Å². The SMILES string of the molecule is Cl.c1ccc(CCNCCCn2ccnc2)cc1. The summed E-state index contributed by atoms with van der Waals surface area (Å²) in [5.74, 6) is 0. The van der Waals surface area contributed by atoms with E-state index in [0.29, 0.717) is 0 Å². The first-order valence-corrected chi connectivity index (χ1v) is 6.15. The second-order valence-electron chi connectivity index (χ2n) is 4.14. The Bertz CT molecular complexity index is 400. The number of aromatic nitrogens is 2. The molecular weight excluding hydrogens is 246 g/mol. The van der Waals surface area contributed by atoms with Crippen molar-refractivity contribution in [1.29, 1.82) is 0 Å². The number of nitrogens with zero attached hydrogens (tertiary/aromatic N) is 2. The largest absolute Gasteiger partial charge is 0.337 e. The van der Waals surface area contributed by atoms with Gasteiger partial charge in [-0.3, -0.25) is 0 Å². The topological polar surface area (TPSA) is 29.9 Å². The van der Waals surface area contributed by atoms with Gasteiger partial charge in [0.1, 0.15) is 0 Å². The van der Waals surface area contributed by atoms with E-state index in [-0.39, 0.29) is 12.4 Å². The lowest BCUT2D eigenvalue weighted by Crippen LogP contribution is -2.19. The van der Waals surface area contributed by atoms with Crippen LogP contribution in [-0.4, -0.2) is 22.6 Å². The van der Waals surface area contributed by atoms with Gasteiger partial charge in [-0.25, -0.2) is 4.98 Å². The van der Waals surface area contributed by atoms with Crippen molar-refractivity contribution in [2.75, 3.05) is 13.1 Å². The average molecular weight is 266 g/mol. The smallest absolute Gasteiger partial charge is 0.0945 e. The lowest BCUT2D eigenvalue weighted by molar-refractivity contribution is 0.582. The quantitative estimate of drug-likeness (QED) is 0.780. The first-order chi connectivity index (χ1) is 8.45. The Hall–Kier alpha value is -1.32. The number of imidazole rings is 1. The molecule has 1 heterocycles. The van der Waals surface area contributed by atoms with E-state index in [0.717, 1.165) is 32.5 Å². The number of hydrogen-bond acceptors (Lipinski definition) is 2. The van der Waals surface area contributed by atoms with Crippen LogP contribution in [0.15, 0.2) is 49.1 Å². The van der Waals surface area contributed by atoms with Gasteiger partial charge in [-0.15, -0.1) is 12.4 Å². The highest BCUT2D eigenvalue weighted by molar-refractivity contribution is 5.85. The first kappa shape index (κ1) is 14.7. The second-order valence-corrected chi connectivity index (χ2v) is 4.14. The third-order valence-corrected chi connectivity index (χ3v) is 2.76. The Balaban J connectivity index is 0.00000162. The highest BCUT2D eigenvalue weighted by Crippen LogP contribution is 1.98.